The number of aromatic amines is 1. The molecule has 1 aromatic heterocycles. The lowest BCUT2D eigenvalue weighted by Crippen LogP contribution is -2.58. The van der Waals surface area contributed by atoms with Gasteiger partial charge < -0.3 is 28.7 Å². The van der Waals surface area contributed by atoms with E-state index >= 15 is 0 Å². The molecule has 0 unspecified atom stereocenters. The Morgan fingerprint density at radius 2 is 1.02 bits per heavy atom. The van der Waals surface area contributed by atoms with Crippen molar-refractivity contribution >= 4 is 22.5 Å². The van der Waals surface area contributed by atoms with Gasteiger partial charge in [0.15, 0.2) is 0 Å². The summed E-state index contributed by atoms with van der Waals surface area (Å²) in [5.41, 5.74) is 6.06. The minimum atomic E-state index is -0.534. The van der Waals surface area contributed by atoms with Crippen molar-refractivity contribution in [3.8, 4) is 0 Å². The summed E-state index contributed by atoms with van der Waals surface area (Å²) in [6, 6.07) is 46.6. The minimum absolute atomic E-state index is 0.296. The van der Waals surface area contributed by atoms with Gasteiger partial charge in [0.05, 0.1) is 43.6 Å². The molecule has 0 amide bonds. The maximum Gasteiger partial charge on any atom is 0.117 e. The van der Waals surface area contributed by atoms with Crippen LogP contribution in [-0.2, 0) is 50.1 Å². The Labute approximate surface area is 292 Å². The number of aromatic nitrogens is 1. The van der Waals surface area contributed by atoms with Gasteiger partial charge in [-0.05, 0) is 28.3 Å². The average Bonchev–Trinajstić information content (AvgIpc) is 3.60. The molecule has 0 radical (unpaired) electrons. The molecule has 0 bridgehead atoms. The minimum Gasteiger partial charge on any atom is -0.374 e. The molecule has 5 aromatic carbocycles. The van der Waals surface area contributed by atoms with Crippen LogP contribution >= 0.6 is 11.6 Å². The van der Waals surface area contributed by atoms with Gasteiger partial charge in [-0.3, -0.25) is 0 Å². The normalized spacial score (nSPS) is 20.8. The third-order valence-electron chi connectivity index (χ3n) is 8.89. The molecule has 1 aliphatic heterocycles. The summed E-state index contributed by atoms with van der Waals surface area (Å²) in [6.45, 7) is 1.88. The Hall–Kier alpha value is -4.27. The molecule has 0 aliphatic carbocycles. The zero-order chi connectivity index (χ0) is 33.3. The number of ether oxygens (including phenoxy) is 5. The lowest BCUT2D eigenvalue weighted by atomic mass is 9.90. The Balaban J connectivity index is 1.27. The van der Waals surface area contributed by atoms with Gasteiger partial charge in [0.2, 0.25) is 0 Å². The summed E-state index contributed by atoms with van der Waals surface area (Å²) in [6.07, 6.45) is -0.571. The van der Waals surface area contributed by atoms with Gasteiger partial charge in [-0.2, -0.15) is 0 Å². The highest BCUT2D eigenvalue weighted by Crippen LogP contribution is 2.41. The van der Waals surface area contributed by atoms with Crippen molar-refractivity contribution in [2.75, 3.05) is 6.61 Å². The Morgan fingerprint density at radius 3 is 1.57 bits per heavy atom. The molecule has 49 heavy (non-hydrogen) atoms. The van der Waals surface area contributed by atoms with Crippen LogP contribution in [0.2, 0.25) is 5.02 Å². The first-order valence-electron chi connectivity index (χ1n) is 16.7. The number of H-pyrrole nitrogens is 1. The van der Waals surface area contributed by atoms with Gasteiger partial charge in [0, 0.05) is 17.1 Å². The smallest absolute Gasteiger partial charge is 0.117 e. The molecule has 6 aromatic rings. The molecule has 6 nitrogen and oxygen atoms in total. The van der Waals surface area contributed by atoms with E-state index in [0.717, 1.165) is 38.7 Å². The summed E-state index contributed by atoms with van der Waals surface area (Å²) in [5.74, 6) is 0. The van der Waals surface area contributed by atoms with E-state index in [9.17, 15) is 0 Å². The molecule has 2 heterocycles. The van der Waals surface area contributed by atoms with Gasteiger partial charge in [-0.1, -0.05) is 145 Å². The maximum absolute atomic E-state index is 7.08. The van der Waals surface area contributed by atoms with Crippen LogP contribution in [0, 0.1) is 0 Å². The van der Waals surface area contributed by atoms with Gasteiger partial charge >= 0.3 is 0 Å². The Kier molecular flexibility index (Phi) is 11.1. The number of benzene rings is 5. The molecule has 0 spiro atoms. The highest BCUT2D eigenvalue weighted by atomic mass is 35.5. The second-order valence-electron chi connectivity index (χ2n) is 12.3. The number of rotatable bonds is 14. The number of hydrogen-bond donors (Lipinski definition) is 1. The first kappa shape index (κ1) is 33.2. The fraction of sp³-hybridized carbons (Fsp3) is 0.238. The molecule has 7 heteroatoms. The van der Waals surface area contributed by atoms with Crippen LogP contribution in [0.4, 0.5) is 0 Å². The van der Waals surface area contributed by atoms with Crippen molar-refractivity contribution < 1.29 is 23.7 Å². The van der Waals surface area contributed by atoms with Crippen molar-refractivity contribution in [3.05, 3.63) is 179 Å². The highest BCUT2D eigenvalue weighted by molar-refractivity contribution is 6.35. The third-order valence-corrected chi connectivity index (χ3v) is 9.20. The molecular formula is C42H40ClNO5. The Morgan fingerprint density at radius 1 is 0.531 bits per heavy atom. The van der Waals surface area contributed by atoms with Gasteiger partial charge in [0.1, 0.15) is 30.5 Å². The van der Waals surface area contributed by atoms with Crippen molar-refractivity contribution in [1.82, 2.24) is 4.98 Å². The van der Waals surface area contributed by atoms with Gasteiger partial charge in [-0.25, -0.2) is 0 Å². The van der Waals surface area contributed by atoms with Crippen molar-refractivity contribution in [1.29, 1.82) is 0 Å². The van der Waals surface area contributed by atoms with Crippen molar-refractivity contribution in [2.45, 2.75) is 56.9 Å². The van der Waals surface area contributed by atoms with E-state index in [1.807, 2.05) is 91.1 Å². The quantitative estimate of drug-likeness (QED) is 0.125. The van der Waals surface area contributed by atoms with E-state index in [4.69, 9.17) is 35.3 Å². The summed E-state index contributed by atoms with van der Waals surface area (Å²) in [7, 11) is 0. The second kappa shape index (κ2) is 16.4. The fourth-order valence-electron chi connectivity index (χ4n) is 6.41. The molecule has 1 fully saturated rings. The van der Waals surface area contributed by atoms with Crippen LogP contribution in [0.15, 0.2) is 146 Å². The molecular weight excluding hydrogens is 634 g/mol. The standard InChI is InChI=1S/C42H40ClNO5/c43-36-23-13-22-34-35(24-44-38(34)36)39-41(47-27-32-18-9-3-10-19-32)42(48-28-33-20-11-4-12-21-33)40(46-26-31-16-7-2-8-17-31)37(49-39)29-45-25-30-14-5-1-6-15-30/h1-24,37,39-42,44H,25-29H2/t37-,39+,40-,41+,42+/m1/s1. The monoisotopic (exact) mass is 673 g/mol. The summed E-state index contributed by atoms with van der Waals surface area (Å²) in [5, 5.41) is 1.62. The average molecular weight is 674 g/mol. The first-order valence-corrected chi connectivity index (χ1v) is 17.1. The van der Waals surface area contributed by atoms with Crippen LogP contribution in [0.5, 0.6) is 0 Å². The Bertz CT molecular complexity index is 1870. The first-order chi connectivity index (χ1) is 24.2. The zero-order valence-electron chi connectivity index (χ0n) is 27.2. The lowest BCUT2D eigenvalue weighted by Gasteiger charge is -2.46. The SMILES string of the molecule is Clc1cccc2c([C@@H]3O[C@H](COCc4ccccc4)[C@@H](OCc4ccccc4)[C@H](OCc4ccccc4)[C@H]3OCc3ccccc3)c[nH]c12. The molecule has 0 saturated carbocycles. The van der Waals surface area contributed by atoms with E-state index in [-0.39, 0.29) is 0 Å². The van der Waals surface area contributed by atoms with Gasteiger partial charge in [0.25, 0.3) is 0 Å². The summed E-state index contributed by atoms with van der Waals surface area (Å²) < 4.78 is 34.0. The topological polar surface area (TPSA) is 61.9 Å². The van der Waals surface area contributed by atoms with E-state index in [1.54, 1.807) is 0 Å². The molecule has 1 saturated heterocycles. The number of fused-ring (bicyclic) bond motifs is 1. The van der Waals surface area contributed by atoms with Crippen LogP contribution in [-0.4, -0.2) is 36.0 Å². The molecule has 250 valence electrons. The fourth-order valence-corrected chi connectivity index (χ4v) is 6.64. The maximum atomic E-state index is 7.08. The van der Waals surface area contributed by atoms with E-state index < -0.39 is 30.5 Å². The predicted molar refractivity (Wildman–Crippen MR) is 192 cm³/mol. The zero-order valence-corrected chi connectivity index (χ0v) is 28.0. The number of nitrogens with one attached hydrogen (secondary N) is 1. The molecule has 1 aliphatic rings. The highest BCUT2D eigenvalue weighted by Gasteiger charge is 2.49. The summed E-state index contributed by atoms with van der Waals surface area (Å²) >= 11 is 6.64. The van der Waals surface area contributed by atoms with E-state index in [0.29, 0.717) is 38.1 Å². The predicted octanol–water partition coefficient (Wildman–Crippen LogP) is 9.23. The lowest BCUT2D eigenvalue weighted by molar-refractivity contribution is -0.274. The molecule has 7 rings (SSSR count). The van der Waals surface area contributed by atoms with E-state index in [1.165, 1.54) is 0 Å². The molecule has 5 atom stereocenters. The number of para-hydroxylation sites is 1. The number of halogens is 1. The van der Waals surface area contributed by atoms with Crippen LogP contribution in [0.3, 0.4) is 0 Å². The van der Waals surface area contributed by atoms with Crippen LogP contribution in [0.1, 0.15) is 33.9 Å². The van der Waals surface area contributed by atoms with Crippen LogP contribution in [0.25, 0.3) is 10.9 Å². The molecule has 1 N–H and O–H groups in total. The van der Waals surface area contributed by atoms with Crippen molar-refractivity contribution in [2.24, 2.45) is 0 Å². The van der Waals surface area contributed by atoms with Crippen LogP contribution < -0.4 is 0 Å². The van der Waals surface area contributed by atoms with Crippen molar-refractivity contribution in [3.63, 3.8) is 0 Å². The third kappa shape index (κ3) is 8.31. The van der Waals surface area contributed by atoms with E-state index in [2.05, 4.69) is 59.6 Å². The second-order valence-corrected chi connectivity index (χ2v) is 12.7. The van der Waals surface area contributed by atoms with Gasteiger partial charge in [-0.15, -0.1) is 0 Å². The summed E-state index contributed by atoms with van der Waals surface area (Å²) in [4.78, 5) is 3.39. The number of hydrogen-bond acceptors (Lipinski definition) is 5. The largest absolute Gasteiger partial charge is 0.374 e.